The molecule has 0 aromatic heterocycles. The quantitative estimate of drug-likeness (QED) is 0.338. The molecule has 0 radical (unpaired) electrons. The molecule has 0 aliphatic carbocycles. The van der Waals surface area contributed by atoms with Gasteiger partial charge in [-0.15, -0.1) is 0 Å². The van der Waals surface area contributed by atoms with Gasteiger partial charge in [-0.05, 0) is 48.9 Å². The van der Waals surface area contributed by atoms with Gasteiger partial charge >= 0.3 is 5.97 Å². The minimum absolute atomic E-state index is 0.233. The van der Waals surface area contributed by atoms with E-state index in [1.807, 2.05) is 0 Å². The van der Waals surface area contributed by atoms with Crippen LogP contribution in [-0.2, 0) is 14.3 Å². The van der Waals surface area contributed by atoms with E-state index in [9.17, 15) is 14.4 Å². The molecule has 6 nitrogen and oxygen atoms in total. The molecule has 27 heavy (non-hydrogen) atoms. The van der Waals surface area contributed by atoms with Crippen LogP contribution in [0.1, 0.15) is 38.7 Å². The number of amides is 2. The molecule has 2 amide bonds. The second-order valence-corrected chi connectivity index (χ2v) is 7.22. The topological polar surface area (TPSA) is 72.9 Å². The second kappa shape index (κ2) is 10.4. The molecule has 0 spiro atoms. The molecule has 1 aromatic carbocycles. The van der Waals surface area contributed by atoms with Crippen molar-refractivity contribution in [2.45, 2.75) is 33.1 Å². The highest BCUT2D eigenvalue weighted by Gasteiger charge is 2.34. The smallest absolute Gasteiger partial charge is 0.344 e. The van der Waals surface area contributed by atoms with Crippen LogP contribution in [0.3, 0.4) is 0 Å². The fourth-order valence-corrected chi connectivity index (χ4v) is 3.54. The van der Waals surface area contributed by atoms with E-state index in [1.165, 1.54) is 4.90 Å². The first-order chi connectivity index (χ1) is 13.0. The van der Waals surface area contributed by atoms with Gasteiger partial charge in [-0.3, -0.25) is 14.5 Å². The normalized spacial score (nSPS) is 15.5. The Morgan fingerprint density at radius 1 is 1.26 bits per heavy atom. The van der Waals surface area contributed by atoms with Crippen molar-refractivity contribution in [2.75, 3.05) is 19.8 Å². The van der Waals surface area contributed by atoms with Gasteiger partial charge in [-0.1, -0.05) is 37.4 Å². The number of carbonyl (C=O) groups excluding carboxylic acids is 3. The average Bonchev–Trinajstić information content (AvgIpc) is 2.89. The SMILES string of the molecule is CCCCCN1C(=O)S/C(=C\c2ccc(OCC(=O)OCC)c(Cl)c2)C1=O. The number of rotatable bonds is 9. The van der Waals surface area contributed by atoms with Gasteiger partial charge in [0.2, 0.25) is 0 Å². The van der Waals surface area contributed by atoms with E-state index in [0.29, 0.717) is 27.8 Å². The first-order valence-corrected chi connectivity index (χ1v) is 9.99. The molecule has 0 N–H and O–H groups in total. The van der Waals surface area contributed by atoms with E-state index in [2.05, 4.69) is 6.92 Å². The third kappa shape index (κ3) is 6.01. The molecule has 1 fully saturated rings. The van der Waals surface area contributed by atoms with Gasteiger partial charge in [0.25, 0.3) is 11.1 Å². The van der Waals surface area contributed by atoms with E-state index in [-0.39, 0.29) is 24.4 Å². The summed E-state index contributed by atoms with van der Waals surface area (Å²) in [5.41, 5.74) is 0.669. The fourth-order valence-electron chi connectivity index (χ4n) is 2.43. The number of esters is 1. The highest BCUT2D eigenvalue weighted by atomic mass is 35.5. The number of carbonyl (C=O) groups is 3. The summed E-state index contributed by atoms with van der Waals surface area (Å²) in [4.78, 5) is 37.4. The van der Waals surface area contributed by atoms with Gasteiger partial charge in [-0.2, -0.15) is 0 Å². The van der Waals surface area contributed by atoms with Crippen molar-refractivity contribution in [2.24, 2.45) is 0 Å². The Labute approximate surface area is 167 Å². The summed E-state index contributed by atoms with van der Waals surface area (Å²) in [5.74, 6) is -0.413. The van der Waals surface area contributed by atoms with Gasteiger partial charge in [0.1, 0.15) is 5.75 Å². The van der Waals surface area contributed by atoms with Crippen LogP contribution >= 0.6 is 23.4 Å². The van der Waals surface area contributed by atoms with Crippen LogP contribution in [0.2, 0.25) is 5.02 Å². The number of ether oxygens (including phenoxy) is 2. The molecule has 8 heteroatoms. The van der Waals surface area contributed by atoms with Crippen molar-refractivity contribution in [1.82, 2.24) is 4.90 Å². The zero-order valence-corrected chi connectivity index (χ0v) is 16.9. The van der Waals surface area contributed by atoms with E-state index < -0.39 is 5.97 Å². The zero-order chi connectivity index (χ0) is 19.8. The Bertz CT molecular complexity index is 750. The Hall–Kier alpha value is -1.99. The molecular weight excluding hydrogens is 390 g/mol. The first kappa shape index (κ1) is 21.3. The van der Waals surface area contributed by atoms with E-state index in [4.69, 9.17) is 21.1 Å². The minimum Gasteiger partial charge on any atom is -0.480 e. The maximum absolute atomic E-state index is 12.4. The Morgan fingerprint density at radius 3 is 2.70 bits per heavy atom. The third-order valence-electron chi connectivity index (χ3n) is 3.76. The van der Waals surface area contributed by atoms with Crippen LogP contribution in [-0.4, -0.2) is 41.8 Å². The number of benzene rings is 1. The Balaban J connectivity index is 2.04. The van der Waals surface area contributed by atoms with Gasteiger partial charge < -0.3 is 9.47 Å². The number of unbranched alkanes of at least 4 members (excludes halogenated alkanes) is 2. The first-order valence-electron chi connectivity index (χ1n) is 8.79. The summed E-state index contributed by atoms with van der Waals surface area (Å²) in [5, 5.41) is 0.0538. The molecule has 1 aromatic rings. The fraction of sp³-hybridized carbons (Fsp3) is 0.421. The minimum atomic E-state index is -0.477. The molecule has 1 saturated heterocycles. The molecule has 0 unspecified atom stereocenters. The molecule has 1 heterocycles. The van der Waals surface area contributed by atoms with Crippen molar-refractivity contribution in [3.63, 3.8) is 0 Å². The summed E-state index contributed by atoms with van der Waals surface area (Å²) in [6.45, 7) is 4.27. The van der Waals surface area contributed by atoms with E-state index >= 15 is 0 Å². The maximum atomic E-state index is 12.4. The van der Waals surface area contributed by atoms with Crippen molar-refractivity contribution in [3.8, 4) is 5.75 Å². The Kier molecular flexibility index (Phi) is 8.19. The predicted octanol–water partition coefficient (Wildman–Crippen LogP) is 4.51. The highest BCUT2D eigenvalue weighted by molar-refractivity contribution is 8.18. The molecule has 0 atom stereocenters. The zero-order valence-electron chi connectivity index (χ0n) is 15.3. The lowest BCUT2D eigenvalue weighted by molar-refractivity contribution is -0.145. The Morgan fingerprint density at radius 2 is 2.04 bits per heavy atom. The average molecular weight is 412 g/mol. The number of thioether (sulfide) groups is 1. The number of nitrogens with zero attached hydrogens (tertiary/aromatic N) is 1. The monoisotopic (exact) mass is 411 g/mol. The van der Waals surface area contributed by atoms with Crippen LogP contribution in [0.25, 0.3) is 6.08 Å². The number of hydrogen-bond acceptors (Lipinski definition) is 6. The lowest BCUT2D eigenvalue weighted by Gasteiger charge is -2.11. The highest BCUT2D eigenvalue weighted by Crippen LogP contribution is 2.34. The number of imide groups is 1. The number of halogens is 1. The van der Waals surface area contributed by atoms with Gasteiger partial charge in [0, 0.05) is 6.54 Å². The van der Waals surface area contributed by atoms with E-state index in [1.54, 1.807) is 31.2 Å². The lowest BCUT2D eigenvalue weighted by atomic mass is 10.2. The van der Waals surface area contributed by atoms with Gasteiger partial charge in [0.05, 0.1) is 16.5 Å². The number of hydrogen-bond donors (Lipinski definition) is 0. The second-order valence-electron chi connectivity index (χ2n) is 5.82. The van der Waals surface area contributed by atoms with Gasteiger partial charge in [0.15, 0.2) is 6.61 Å². The van der Waals surface area contributed by atoms with Crippen LogP contribution in [0, 0.1) is 0 Å². The molecule has 1 aliphatic heterocycles. The van der Waals surface area contributed by atoms with Crippen LogP contribution < -0.4 is 4.74 Å². The molecular formula is C19H22ClNO5S. The molecule has 2 rings (SSSR count). The van der Waals surface area contributed by atoms with Crippen LogP contribution in [0.15, 0.2) is 23.1 Å². The van der Waals surface area contributed by atoms with Crippen molar-refractivity contribution in [3.05, 3.63) is 33.7 Å². The molecule has 1 aliphatic rings. The van der Waals surface area contributed by atoms with Crippen molar-refractivity contribution < 1.29 is 23.9 Å². The lowest BCUT2D eigenvalue weighted by Crippen LogP contribution is -2.29. The molecule has 0 bridgehead atoms. The van der Waals surface area contributed by atoms with Crippen LogP contribution in [0.4, 0.5) is 4.79 Å². The van der Waals surface area contributed by atoms with Crippen molar-refractivity contribution in [1.29, 1.82) is 0 Å². The standard InChI is InChI=1S/C19H22ClNO5S/c1-3-5-6-9-21-18(23)16(27-19(21)24)11-13-7-8-15(14(20)10-13)26-12-17(22)25-4-2/h7-8,10-11H,3-6,9,12H2,1-2H3/b16-11-. The van der Waals surface area contributed by atoms with E-state index in [0.717, 1.165) is 31.0 Å². The predicted molar refractivity (Wildman–Crippen MR) is 106 cm³/mol. The maximum Gasteiger partial charge on any atom is 0.344 e. The summed E-state index contributed by atoms with van der Waals surface area (Å²) in [6, 6.07) is 4.93. The third-order valence-corrected chi connectivity index (χ3v) is 4.97. The van der Waals surface area contributed by atoms with Crippen LogP contribution in [0.5, 0.6) is 5.75 Å². The van der Waals surface area contributed by atoms with Crippen molar-refractivity contribution >= 4 is 46.6 Å². The summed E-state index contributed by atoms with van der Waals surface area (Å²) >= 11 is 7.11. The summed E-state index contributed by atoms with van der Waals surface area (Å²) in [6.07, 6.45) is 4.44. The molecule has 0 saturated carbocycles. The van der Waals surface area contributed by atoms with Gasteiger partial charge in [-0.25, -0.2) is 4.79 Å². The largest absolute Gasteiger partial charge is 0.480 e. The summed E-state index contributed by atoms with van der Waals surface area (Å²) in [7, 11) is 0. The summed E-state index contributed by atoms with van der Waals surface area (Å²) < 4.78 is 10.1. The molecule has 146 valence electrons.